The maximum atomic E-state index is 11.9. The maximum absolute atomic E-state index is 11.9. The first-order chi connectivity index (χ1) is 10.7. The Labute approximate surface area is 130 Å². The van der Waals surface area contributed by atoms with E-state index in [2.05, 4.69) is 6.58 Å². The van der Waals surface area contributed by atoms with E-state index < -0.39 is 52.5 Å². The number of nitrogens with zero attached hydrogens (tertiary/aromatic N) is 1. The van der Waals surface area contributed by atoms with Crippen molar-refractivity contribution in [2.45, 2.75) is 24.5 Å². The Morgan fingerprint density at radius 1 is 1.52 bits per heavy atom. The van der Waals surface area contributed by atoms with Crippen LogP contribution in [0.15, 0.2) is 22.4 Å². The van der Waals surface area contributed by atoms with Crippen LogP contribution >= 0.6 is 0 Å². The lowest BCUT2D eigenvalue weighted by atomic mass is 10.1. The highest BCUT2D eigenvalue weighted by molar-refractivity contribution is 7.86. The largest absolute Gasteiger partial charge is 0.394 e. The van der Waals surface area contributed by atoms with E-state index in [0.717, 1.165) is 17.0 Å². The summed E-state index contributed by atoms with van der Waals surface area (Å²) < 4.78 is 33.4. The Kier molecular flexibility index (Phi) is 4.87. The van der Waals surface area contributed by atoms with Crippen molar-refractivity contribution >= 4 is 16.2 Å². The zero-order valence-corrected chi connectivity index (χ0v) is 12.9. The van der Waals surface area contributed by atoms with Gasteiger partial charge in [-0.25, -0.2) is 4.79 Å². The second-order valence-electron chi connectivity index (χ2n) is 4.96. The fraction of sp³-hybridized carbons (Fsp3) is 0.500. The van der Waals surface area contributed by atoms with Crippen LogP contribution in [0.25, 0.3) is 6.08 Å². The van der Waals surface area contributed by atoms with Crippen molar-refractivity contribution < 1.29 is 27.6 Å². The minimum atomic E-state index is -3.93. The molecule has 0 saturated carbocycles. The zero-order chi connectivity index (χ0) is 17.4. The number of ether oxygens (including phenoxy) is 1. The first-order valence-electron chi connectivity index (χ1n) is 6.48. The van der Waals surface area contributed by atoms with Crippen molar-refractivity contribution in [3.63, 3.8) is 0 Å². The van der Waals surface area contributed by atoms with Gasteiger partial charge in [-0.05, 0) is 0 Å². The summed E-state index contributed by atoms with van der Waals surface area (Å²) in [5.74, 6) is 0. The molecule has 1 aliphatic rings. The van der Waals surface area contributed by atoms with Crippen LogP contribution in [0.3, 0.4) is 0 Å². The SMILES string of the molecule is C=Cc1cn([C@@H]2O[C@H](CO)[C@H](OS(C)(=O)=O)[C@H]2O)c(=O)[nH]c1=O. The first kappa shape index (κ1) is 17.6. The van der Waals surface area contributed by atoms with Crippen LogP contribution in [0.4, 0.5) is 0 Å². The fourth-order valence-electron chi connectivity index (χ4n) is 2.25. The molecule has 4 atom stereocenters. The third kappa shape index (κ3) is 3.59. The second kappa shape index (κ2) is 6.37. The van der Waals surface area contributed by atoms with Gasteiger partial charge in [-0.15, -0.1) is 0 Å². The lowest BCUT2D eigenvalue weighted by Gasteiger charge is -2.19. The average molecular weight is 348 g/mol. The molecule has 1 aromatic rings. The van der Waals surface area contributed by atoms with E-state index in [1.807, 2.05) is 4.98 Å². The molecule has 10 nitrogen and oxygen atoms in total. The molecule has 0 aromatic carbocycles. The molecule has 0 unspecified atom stereocenters. The van der Waals surface area contributed by atoms with E-state index in [1.54, 1.807) is 0 Å². The molecule has 0 radical (unpaired) electrons. The summed E-state index contributed by atoms with van der Waals surface area (Å²) in [6.45, 7) is 2.78. The molecule has 1 aliphatic heterocycles. The molecule has 0 amide bonds. The Bertz CT molecular complexity index is 811. The predicted octanol–water partition coefficient (Wildman–Crippen LogP) is -2.22. The number of aliphatic hydroxyl groups is 2. The Morgan fingerprint density at radius 2 is 2.17 bits per heavy atom. The van der Waals surface area contributed by atoms with Crippen LogP contribution in [0.1, 0.15) is 11.8 Å². The number of aromatic nitrogens is 2. The molecule has 128 valence electrons. The van der Waals surface area contributed by atoms with Crippen LogP contribution in [-0.4, -0.2) is 59.4 Å². The molecular weight excluding hydrogens is 332 g/mol. The van der Waals surface area contributed by atoms with E-state index in [1.165, 1.54) is 6.08 Å². The molecule has 2 heterocycles. The van der Waals surface area contributed by atoms with E-state index >= 15 is 0 Å². The van der Waals surface area contributed by atoms with E-state index in [-0.39, 0.29) is 5.56 Å². The van der Waals surface area contributed by atoms with Crippen LogP contribution in [0.5, 0.6) is 0 Å². The second-order valence-corrected chi connectivity index (χ2v) is 6.56. The summed E-state index contributed by atoms with van der Waals surface area (Å²) in [6.07, 6.45) is -2.39. The highest BCUT2D eigenvalue weighted by Gasteiger charge is 2.47. The number of aromatic amines is 1. The summed E-state index contributed by atoms with van der Waals surface area (Å²) in [5.41, 5.74) is -1.49. The third-order valence-electron chi connectivity index (χ3n) is 3.26. The standard InChI is InChI=1S/C12H16N2O8S/c1-3-6-4-14(12(18)13-10(6)17)11-8(16)9(7(5-15)21-11)22-23(2,19)20/h3-4,7-9,11,15-16H,1,5H2,2H3,(H,13,17,18)/t7-,8-,9+,11-/m1/s1. The third-order valence-corrected chi connectivity index (χ3v) is 3.84. The molecule has 3 N–H and O–H groups in total. The van der Waals surface area contributed by atoms with E-state index in [0.29, 0.717) is 0 Å². The van der Waals surface area contributed by atoms with Gasteiger partial charge in [0.25, 0.3) is 15.7 Å². The minimum absolute atomic E-state index is 0.0495. The van der Waals surface area contributed by atoms with Crippen molar-refractivity contribution in [2.24, 2.45) is 0 Å². The highest BCUT2D eigenvalue weighted by Crippen LogP contribution is 2.31. The van der Waals surface area contributed by atoms with Crippen molar-refractivity contribution in [3.8, 4) is 0 Å². The van der Waals surface area contributed by atoms with Crippen molar-refractivity contribution in [3.05, 3.63) is 39.2 Å². The van der Waals surface area contributed by atoms with Gasteiger partial charge in [0.05, 0.1) is 18.4 Å². The van der Waals surface area contributed by atoms with Gasteiger partial charge in [0.1, 0.15) is 18.3 Å². The van der Waals surface area contributed by atoms with Crippen LogP contribution in [0, 0.1) is 0 Å². The van der Waals surface area contributed by atoms with Crippen LogP contribution in [0.2, 0.25) is 0 Å². The van der Waals surface area contributed by atoms with Crippen molar-refractivity contribution in [2.75, 3.05) is 12.9 Å². The van der Waals surface area contributed by atoms with E-state index in [4.69, 9.17) is 8.92 Å². The van der Waals surface area contributed by atoms with Crippen molar-refractivity contribution in [1.82, 2.24) is 9.55 Å². The number of nitrogens with one attached hydrogen (secondary N) is 1. The molecule has 0 bridgehead atoms. The van der Waals surface area contributed by atoms with E-state index in [9.17, 15) is 28.2 Å². The number of hydrogen-bond donors (Lipinski definition) is 3. The van der Waals surface area contributed by atoms with Crippen LogP contribution in [-0.2, 0) is 19.0 Å². The maximum Gasteiger partial charge on any atom is 0.330 e. The predicted molar refractivity (Wildman–Crippen MR) is 78.1 cm³/mol. The van der Waals surface area contributed by atoms with Crippen LogP contribution < -0.4 is 11.2 Å². The molecule has 2 rings (SSSR count). The smallest absolute Gasteiger partial charge is 0.330 e. The lowest BCUT2D eigenvalue weighted by molar-refractivity contribution is -0.0543. The van der Waals surface area contributed by atoms with Gasteiger partial charge in [0, 0.05) is 6.20 Å². The number of hydrogen-bond acceptors (Lipinski definition) is 8. The van der Waals surface area contributed by atoms with Gasteiger partial charge in [0.2, 0.25) is 0 Å². The number of rotatable bonds is 5. The van der Waals surface area contributed by atoms with Gasteiger partial charge in [-0.3, -0.25) is 18.5 Å². The highest BCUT2D eigenvalue weighted by atomic mass is 32.2. The summed E-state index contributed by atoms with van der Waals surface area (Å²) in [7, 11) is -3.93. The topological polar surface area (TPSA) is 148 Å². The first-order valence-corrected chi connectivity index (χ1v) is 8.30. The molecule has 1 fully saturated rings. The van der Waals surface area contributed by atoms with Crippen molar-refractivity contribution in [1.29, 1.82) is 0 Å². The molecular formula is C12H16N2O8S. The molecule has 23 heavy (non-hydrogen) atoms. The fourth-order valence-corrected chi connectivity index (χ4v) is 2.89. The molecule has 11 heteroatoms. The Balaban J connectivity index is 2.44. The lowest BCUT2D eigenvalue weighted by Crippen LogP contribution is -2.40. The van der Waals surface area contributed by atoms with Gasteiger partial charge in [0.15, 0.2) is 6.23 Å². The summed E-state index contributed by atoms with van der Waals surface area (Å²) in [6, 6.07) is 0. The summed E-state index contributed by atoms with van der Waals surface area (Å²) in [5, 5.41) is 19.5. The number of aliphatic hydroxyl groups excluding tert-OH is 2. The zero-order valence-electron chi connectivity index (χ0n) is 12.1. The van der Waals surface area contributed by atoms with Gasteiger partial charge in [-0.2, -0.15) is 8.42 Å². The summed E-state index contributed by atoms with van der Waals surface area (Å²) >= 11 is 0. The van der Waals surface area contributed by atoms with Gasteiger partial charge >= 0.3 is 5.69 Å². The minimum Gasteiger partial charge on any atom is -0.394 e. The molecule has 1 saturated heterocycles. The molecule has 0 spiro atoms. The van der Waals surface area contributed by atoms with Gasteiger partial charge in [-0.1, -0.05) is 12.7 Å². The number of H-pyrrole nitrogens is 1. The normalized spacial score (nSPS) is 28.0. The molecule has 1 aromatic heterocycles. The monoisotopic (exact) mass is 348 g/mol. The van der Waals surface area contributed by atoms with Gasteiger partial charge < -0.3 is 14.9 Å². The Hall–Kier alpha value is -1.79. The summed E-state index contributed by atoms with van der Waals surface area (Å²) in [4.78, 5) is 25.4. The average Bonchev–Trinajstić information content (AvgIpc) is 2.74. The quantitative estimate of drug-likeness (QED) is 0.507. The molecule has 0 aliphatic carbocycles. The Morgan fingerprint density at radius 3 is 2.70 bits per heavy atom.